The molecule has 0 amide bonds. The highest BCUT2D eigenvalue weighted by molar-refractivity contribution is 7.36. The average molecular weight is 1300 g/mol. The molecule has 32 heteroatoms. The average Bonchev–Trinajstić information content (AvgIpc) is 4.20. The van der Waals surface area contributed by atoms with Gasteiger partial charge < -0.3 is 0 Å². The lowest BCUT2D eigenvalue weighted by molar-refractivity contribution is -0.441. The molecule has 0 aliphatic carbocycles. The predicted molar refractivity (Wildman–Crippen MR) is 259 cm³/mol. The van der Waals surface area contributed by atoms with Crippen molar-refractivity contribution in [1.29, 1.82) is 0 Å². The molecule has 0 nitrogen and oxygen atoms in total. The lowest BCUT2D eigenvalue weighted by Gasteiger charge is -2.39. The fraction of sp³-hybridized carbons (Fsp3) is 0.583. The summed E-state index contributed by atoms with van der Waals surface area (Å²) < 4.78 is 374. The van der Waals surface area contributed by atoms with Crippen LogP contribution in [0.2, 0.25) is 0 Å². The van der Waals surface area contributed by atoms with Crippen LogP contribution in [0.3, 0.4) is 0 Å². The standard InChI is InChI=1S/C48H40F26S6/c1-5-9-11-21(7-3)13-23-15-25(79-35(23)37(49,50)39(53,54)41(57,58)43(61,62)45(65,66)47(69,70)71)27-17-29-31(75-27)19-33(77-29)34-20-32-30(78-34)18-28(76-32)26-16-24(14-22(8-4)12-10-6-2)36(80-26)38(51,52)40(55,56)42(59,60)44(63,64)46(67,68)48(72,73)74/h15-22H,5-14H2,1-4H3. The van der Waals surface area contributed by atoms with E-state index in [1.54, 1.807) is 27.7 Å². The van der Waals surface area contributed by atoms with E-state index in [0.29, 0.717) is 54.2 Å². The van der Waals surface area contributed by atoms with E-state index in [0.717, 1.165) is 57.5 Å². The molecule has 0 aliphatic rings. The minimum Gasteiger partial charge on any atom is -0.193 e. The monoisotopic (exact) mass is 1300 g/mol. The molecule has 450 valence electrons. The zero-order valence-corrected chi connectivity index (χ0v) is 45.9. The molecule has 0 aliphatic heterocycles. The van der Waals surface area contributed by atoms with Gasteiger partial charge >= 0.3 is 71.6 Å². The largest absolute Gasteiger partial charge is 0.460 e. The number of halogens is 26. The zero-order chi connectivity index (χ0) is 60.8. The molecule has 0 saturated carbocycles. The maximum atomic E-state index is 15.9. The van der Waals surface area contributed by atoms with E-state index in [4.69, 9.17) is 0 Å². The van der Waals surface area contributed by atoms with Gasteiger partial charge in [-0.3, -0.25) is 0 Å². The van der Waals surface area contributed by atoms with Crippen LogP contribution in [0.15, 0.2) is 36.4 Å². The van der Waals surface area contributed by atoms with Crippen LogP contribution < -0.4 is 0 Å². The van der Waals surface area contributed by atoms with Crippen LogP contribution >= 0.6 is 68.0 Å². The van der Waals surface area contributed by atoms with E-state index in [1.807, 2.05) is 0 Å². The Balaban J connectivity index is 1.37. The van der Waals surface area contributed by atoms with Crippen LogP contribution in [-0.4, -0.2) is 59.7 Å². The number of thiophene rings is 6. The van der Waals surface area contributed by atoms with Gasteiger partial charge in [-0.1, -0.05) is 79.1 Å². The van der Waals surface area contributed by atoms with Gasteiger partial charge in [0.2, 0.25) is 0 Å². The molecule has 2 unspecified atom stereocenters. The Bertz CT molecular complexity index is 2830. The van der Waals surface area contributed by atoms with E-state index < -0.39 is 117 Å². The van der Waals surface area contributed by atoms with E-state index >= 15 is 35.1 Å². The van der Waals surface area contributed by atoms with Crippen LogP contribution in [0, 0.1) is 11.8 Å². The van der Waals surface area contributed by atoms with Crippen molar-refractivity contribution in [3.63, 3.8) is 0 Å². The summed E-state index contributed by atoms with van der Waals surface area (Å²) in [4.78, 5) is -3.75. The van der Waals surface area contributed by atoms with Gasteiger partial charge in [-0.15, -0.1) is 68.0 Å². The summed E-state index contributed by atoms with van der Waals surface area (Å²) in [6.45, 7) is 6.56. The molecule has 0 aromatic carbocycles. The normalized spacial score (nSPS) is 15.5. The first-order chi connectivity index (χ1) is 36.3. The highest BCUT2D eigenvalue weighted by atomic mass is 32.1. The molecular formula is C48H40F26S6. The van der Waals surface area contributed by atoms with E-state index in [1.165, 1.54) is 24.3 Å². The number of alkyl halides is 26. The van der Waals surface area contributed by atoms with Crippen molar-refractivity contribution >= 4 is 86.8 Å². The third-order valence-corrected chi connectivity index (χ3v) is 21.0. The third kappa shape index (κ3) is 10.8. The smallest absolute Gasteiger partial charge is 0.193 e. The van der Waals surface area contributed by atoms with Gasteiger partial charge in [0.15, 0.2) is 0 Å². The Hall–Kier alpha value is -3.10. The van der Waals surface area contributed by atoms with Gasteiger partial charge in [-0.05, 0) is 72.2 Å². The molecule has 80 heavy (non-hydrogen) atoms. The lowest BCUT2D eigenvalue weighted by Crippen LogP contribution is -2.69. The van der Waals surface area contributed by atoms with Crippen molar-refractivity contribution in [1.82, 2.24) is 0 Å². The maximum absolute atomic E-state index is 15.9. The highest BCUT2D eigenvalue weighted by Gasteiger charge is 2.92. The van der Waals surface area contributed by atoms with Crippen LogP contribution in [0.5, 0.6) is 0 Å². The minimum absolute atomic E-state index is 0.00107. The number of rotatable bonds is 25. The van der Waals surface area contributed by atoms with Gasteiger partial charge in [0.25, 0.3) is 0 Å². The second-order valence-corrected chi connectivity index (χ2v) is 25.2. The summed E-state index contributed by atoms with van der Waals surface area (Å²) in [5.74, 6) is -77.4. The fourth-order valence-corrected chi connectivity index (χ4v) is 15.8. The molecule has 0 N–H and O–H groups in total. The fourth-order valence-electron chi connectivity index (χ4n) is 8.43. The van der Waals surface area contributed by atoms with Crippen molar-refractivity contribution in [2.45, 2.75) is 163 Å². The Morgan fingerprint density at radius 3 is 0.775 bits per heavy atom. The highest BCUT2D eigenvalue weighted by Crippen LogP contribution is 2.66. The molecule has 6 rings (SSSR count). The zero-order valence-electron chi connectivity index (χ0n) is 41.0. The topological polar surface area (TPSA) is 0 Å². The minimum atomic E-state index is -8.10. The first-order valence-corrected chi connectivity index (χ1v) is 28.5. The molecule has 2 atom stereocenters. The van der Waals surface area contributed by atoms with Gasteiger partial charge in [-0.2, -0.15) is 114 Å². The summed E-state index contributed by atoms with van der Waals surface area (Å²) in [5, 5.41) is 0. The Labute approximate surface area is 460 Å². The molecule has 6 aromatic rings. The molecule has 0 bridgehead atoms. The van der Waals surface area contributed by atoms with Crippen molar-refractivity contribution in [2.75, 3.05) is 0 Å². The number of fused-ring (bicyclic) bond motifs is 2. The van der Waals surface area contributed by atoms with E-state index in [2.05, 4.69) is 0 Å². The Kier molecular flexibility index (Phi) is 18.2. The first-order valence-electron chi connectivity index (χ1n) is 23.6. The second kappa shape index (κ2) is 22.1. The van der Waals surface area contributed by atoms with Crippen LogP contribution in [0.4, 0.5) is 114 Å². The van der Waals surface area contributed by atoms with Crippen LogP contribution in [-0.2, 0) is 24.7 Å². The Morgan fingerprint density at radius 2 is 0.550 bits per heavy atom. The number of unbranched alkanes of at least 4 members (excludes halogenated alkanes) is 2. The molecule has 6 heterocycles. The molecule has 0 fully saturated rings. The predicted octanol–water partition coefficient (Wildman–Crippen LogP) is 23.3. The Morgan fingerprint density at radius 1 is 0.312 bits per heavy atom. The van der Waals surface area contributed by atoms with Crippen molar-refractivity contribution in [2.24, 2.45) is 11.8 Å². The van der Waals surface area contributed by atoms with Gasteiger partial charge in [0.05, 0.1) is 9.75 Å². The van der Waals surface area contributed by atoms with Gasteiger partial charge in [0.1, 0.15) is 0 Å². The summed E-state index contributed by atoms with van der Waals surface area (Å²) in [6.07, 6.45) is -13.5. The maximum Gasteiger partial charge on any atom is 0.460 e. The second-order valence-electron chi connectivity index (χ2n) is 18.8. The first kappa shape index (κ1) is 66.0. The van der Waals surface area contributed by atoms with Gasteiger partial charge in [0, 0.05) is 48.1 Å². The third-order valence-electron chi connectivity index (χ3n) is 13.3. The van der Waals surface area contributed by atoms with Crippen LogP contribution in [0.25, 0.3) is 48.1 Å². The molecular weight excluding hydrogens is 1260 g/mol. The van der Waals surface area contributed by atoms with Gasteiger partial charge in [-0.25, -0.2) is 0 Å². The lowest BCUT2D eigenvalue weighted by atomic mass is 9.88. The van der Waals surface area contributed by atoms with Crippen molar-refractivity contribution in [3.8, 4) is 29.3 Å². The summed E-state index contributed by atoms with van der Waals surface area (Å²) in [7, 11) is 0. The SMILES string of the molecule is CCCCC(CC)Cc1cc(-c2cc3sc(-c4cc5sc(-c6cc(CC(CC)CCCC)c(C(F)(F)C(F)(F)C(F)(F)C(F)(F)C(F)(F)C(F)(F)F)s6)cc5s4)cc3s2)sc1C(F)(F)C(F)(F)C(F)(F)C(F)(F)C(F)(F)C(F)(F)F. The molecule has 0 saturated heterocycles. The summed E-state index contributed by atoms with van der Waals surface area (Å²) in [6, 6.07) is 7.44. The van der Waals surface area contributed by atoms with Crippen molar-refractivity contribution in [3.05, 3.63) is 57.3 Å². The number of hydrogen-bond acceptors (Lipinski definition) is 6. The molecule has 0 spiro atoms. The van der Waals surface area contributed by atoms with Crippen LogP contribution in [0.1, 0.15) is 99.9 Å². The molecule has 0 radical (unpaired) electrons. The van der Waals surface area contributed by atoms with E-state index in [-0.39, 0.29) is 67.9 Å². The summed E-state index contributed by atoms with van der Waals surface area (Å²) >= 11 is 3.02. The van der Waals surface area contributed by atoms with Crippen molar-refractivity contribution < 1.29 is 114 Å². The quantitative estimate of drug-likeness (QED) is 0.0501. The summed E-state index contributed by atoms with van der Waals surface area (Å²) in [5.41, 5.74) is -1.60. The van der Waals surface area contributed by atoms with E-state index in [9.17, 15) is 79.0 Å². The number of hydrogen-bond donors (Lipinski definition) is 0. The molecule has 6 aromatic heterocycles.